The number of benzene rings is 1. The lowest BCUT2D eigenvalue weighted by molar-refractivity contribution is 0.0660. The van der Waals surface area contributed by atoms with Crippen molar-refractivity contribution in [2.45, 2.75) is 19.9 Å². The number of hydrogen-bond donors (Lipinski definition) is 2. The van der Waals surface area contributed by atoms with Crippen LogP contribution >= 0.6 is 15.9 Å². The number of nitrogens with one attached hydrogen (secondary N) is 1. The SMILES string of the molecule is Cc1cc(F)c(Br)cc1NC(C)c1ccc(C(=O)O)o1. The van der Waals surface area contributed by atoms with E-state index in [2.05, 4.69) is 21.2 Å². The summed E-state index contributed by atoms with van der Waals surface area (Å²) >= 11 is 3.13. The van der Waals surface area contributed by atoms with Crippen LogP contribution in [0.15, 0.2) is 33.2 Å². The molecule has 1 atom stereocenters. The first-order valence-corrected chi connectivity index (χ1v) is 6.73. The van der Waals surface area contributed by atoms with Crippen molar-refractivity contribution in [2.75, 3.05) is 5.32 Å². The van der Waals surface area contributed by atoms with Gasteiger partial charge in [0.25, 0.3) is 0 Å². The molecule has 0 radical (unpaired) electrons. The molecule has 2 aromatic rings. The van der Waals surface area contributed by atoms with Gasteiger partial charge in [0.1, 0.15) is 11.6 Å². The average Bonchev–Trinajstić information content (AvgIpc) is 2.85. The standard InChI is InChI=1S/C14H13BrFNO3/c1-7-5-10(16)9(15)6-11(7)17-8(2)12-3-4-13(20-12)14(18)19/h3-6,8,17H,1-2H3,(H,18,19). The van der Waals surface area contributed by atoms with E-state index >= 15 is 0 Å². The predicted molar refractivity (Wildman–Crippen MR) is 76.5 cm³/mol. The molecule has 4 nitrogen and oxygen atoms in total. The summed E-state index contributed by atoms with van der Waals surface area (Å²) in [5.41, 5.74) is 1.50. The van der Waals surface area contributed by atoms with Crippen LogP contribution in [0.4, 0.5) is 10.1 Å². The van der Waals surface area contributed by atoms with Crippen LogP contribution in [-0.4, -0.2) is 11.1 Å². The maximum absolute atomic E-state index is 13.4. The summed E-state index contributed by atoms with van der Waals surface area (Å²) in [5, 5.41) is 12.0. The van der Waals surface area contributed by atoms with Crippen LogP contribution in [-0.2, 0) is 0 Å². The normalized spacial score (nSPS) is 12.2. The summed E-state index contributed by atoms with van der Waals surface area (Å²) in [5.74, 6) is -1.04. The number of hydrogen-bond acceptors (Lipinski definition) is 3. The Hall–Kier alpha value is -1.82. The fourth-order valence-electron chi connectivity index (χ4n) is 1.81. The van der Waals surface area contributed by atoms with Gasteiger partial charge in [-0.3, -0.25) is 0 Å². The lowest BCUT2D eigenvalue weighted by Gasteiger charge is -2.15. The van der Waals surface area contributed by atoms with Crippen molar-refractivity contribution in [3.8, 4) is 0 Å². The molecule has 20 heavy (non-hydrogen) atoms. The van der Waals surface area contributed by atoms with Crippen LogP contribution in [0.25, 0.3) is 0 Å². The van der Waals surface area contributed by atoms with E-state index in [0.717, 1.165) is 11.3 Å². The fraction of sp³-hybridized carbons (Fsp3) is 0.214. The summed E-state index contributed by atoms with van der Waals surface area (Å²) in [6, 6.07) is 5.84. The fourth-order valence-corrected chi connectivity index (χ4v) is 2.15. The number of aromatic carboxylic acids is 1. The summed E-state index contributed by atoms with van der Waals surface area (Å²) < 4.78 is 18.9. The minimum Gasteiger partial charge on any atom is -0.475 e. The smallest absolute Gasteiger partial charge is 0.371 e. The highest BCUT2D eigenvalue weighted by molar-refractivity contribution is 9.10. The Morgan fingerprint density at radius 1 is 1.45 bits per heavy atom. The zero-order valence-corrected chi connectivity index (χ0v) is 12.5. The van der Waals surface area contributed by atoms with E-state index in [1.165, 1.54) is 12.1 Å². The Morgan fingerprint density at radius 2 is 2.15 bits per heavy atom. The molecule has 2 rings (SSSR count). The van der Waals surface area contributed by atoms with E-state index < -0.39 is 5.97 Å². The minimum atomic E-state index is -1.11. The molecular formula is C14H13BrFNO3. The highest BCUT2D eigenvalue weighted by atomic mass is 79.9. The highest BCUT2D eigenvalue weighted by Crippen LogP contribution is 2.28. The second kappa shape index (κ2) is 5.66. The van der Waals surface area contributed by atoms with Gasteiger partial charge >= 0.3 is 5.97 Å². The van der Waals surface area contributed by atoms with E-state index in [1.807, 2.05) is 6.92 Å². The molecule has 0 fully saturated rings. The van der Waals surface area contributed by atoms with E-state index in [0.29, 0.717) is 10.2 Å². The molecule has 0 aliphatic carbocycles. The maximum atomic E-state index is 13.4. The minimum absolute atomic E-state index is 0.106. The lowest BCUT2D eigenvalue weighted by Crippen LogP contribution is -2.07. The van der Waals surface area contributed by atoms with Crippen LogP contribution in [0.2, 0.25) is 0 Å². The predicted octanol–water partition coefficient (Wildman–Crippen LogP) is 4.36. The number of aryl methyl sites for hydroxylation is 1. The van der Waals surface area contributed by atoms with Gasteiger partial charge in [0.2, 0.25) is 5.76 Å². The molecule has 6 heteroatoms. The molecule has 0 amide bonds. The van der Waals surface area contributed by atoms with Crippen molar-refractivity contribution in [3.05, 3.63) is 51.6 Å². The molecule has 0 bridgehead atoms. The van der Waals surface area contributed by atoms with Crippen molar-refractivity contribution >= 4 is 27.6 Å². The second-order valence-corrected chi connectivity index (χ2v) is 5.31. The van der Waals surface area contributed by atoms with Crippen LogP contribution < -0.4 is 5.32 Å². The van der Waals surface area contributed by atoms with Gasteiger partial charge in [-0.25, -0.2) is 9.18 Å². The topological polar surface area (TPSA) is 62.5 Å². The molecule has 1 aromatic carbocycles. The first-order chi connectivity index (χ1) is 9.38. The van der Waals surface area contributed by atoms with Crippen molar-refractivity contribution in [2.24, 2.45) is 0 Å². The third kappa shape index (κ3) is 3.01. The number of anilines is 1. The molecule has 0 aliphatic heterocycles. The van der Waals surface area contributed by atoms with Gasteiger partial charge in [-0.2, -0.15) is 0 Å². The van der Waals surface area contributed by atoms with Crippen LogP contribution in [0.1, 0.15) is 34.8 Å². The summed E-state index contributed by atoms with van der Waals surface area (Å²) in [6.07, 6.45) is 0. The molecule has 0 spiro atoms. The quantitative estimate of drug-likeness (QED) is 0.867. The van der Waals surface area contributed by atoms with Gasteiger partial charge in [0.15, 0.2) is 0 Å². The molecule has 1 aromatic heterocycles. The van der Waals surface area contributed by atoms with Gasteiger partial charge in [-0.05, 0) is 59.6 Å². The van der Waals surface area contributed by atoms with E-state index in [1.54, 1.807) is 19.1 Å². The van der Waals surface area contributed by atoms with Crippen LogP contribution in [0.3, 0.4) is 0 Å². The van der Waals surface area contributed by atoms with Gasteiger partial charge in [0.05, 0.1) is 10.5 Å². The molecule has 1 unspecified atom stereocenters. The first kappa shape index (κ1) is 14.6. The van der Waals surface area contributed by atoms with Gasteiger partial charge in [0, 0.05) is 5.69 Å². The zero-order chi connectivity index (χ0) is 14.9. The van der Waals surface area contributed by atoms with Crippen molar-refractivity contribution in [3.63, 3.8) is 0 Å². The molecule has 0 saturated heterocycles. The van der Waals surface area contributed by atoms with Crippen molar-refractivity contribution < 1.29 is 18.7 Å². The molecule has 0 aliphatic rings. The van der Waals surface area contributed by atoms with Crippen LogP contribution in [0, 0.1) is 12.7 Å². The van der Waals surface area contributed by atoms with E-state index in [-0.39, 0.29) is 17.6 Å². The van der Waals surface area contributed by atoms with Crippen molar-refractivity contribution in [1.29, 1.82) is 0 Å². The molecule has 0 saturated carbocycles. The highest BCUT2D eigenvalue weighted by Gasteiger charge is 2.15. The summed E-state index contributed by atoms with van der Waals surface area (Å²) in [4.78, 5) is 10.8. The first-order valence-electron chi connectivity index (χ1n) is 5.93. The zero-order valence-electron chi connectivity index (χ0n) is 10.9. The Labute approximate surface area is 123 Å². The van der Waals surface area contributed by atoms with Crippen molar-refractivity contribution in [1.82, 2.24) is 0 Å². The van der Waals surface area contributed by atoms with E-state index in [9.17, 15) is 9.18 Å². The average molecular weight is 342 g/mol. The molecular weight excluding hydrogens is 329 g/mol. The van der Waals surface area contributed by atoms with Gasteiger partial charge in [-0.1, -0.05) is 0 Å². The Kier molecular flexibility index (Phi) is 4.13. The van der Waals surface area contributed by atoms with E-state index in [4.69, 9.17) is 9.52 Å². The van der Waals surface area contributed by atoms with Gasteiger partial charge < -0.3 is 14.8 Å². The Morgan fingerprint density at radius 3 is 2.75 bits per heavy atom. The van der Waals surface area contributed by atoms with Crippen LogP contribution in [0.5, 0.6) is 0 Å². The third-order valence-electron chi connectivity index (χ3n) is 2.90. The second-order valence-electron chi connectivity index (χ2n) is 4.45. The summed E-state index contributed by atoms with van der Waals surface area (Å²) in [7, 11) is 0. The molecule has 2 N–H and O–H groups in total. The number of carboxylic acid groups (broad SMARTS) is 1. The number of furan rings is 1. The number of carboxylic acids is 1. The monoisotopic (exact) mass is 341 g/mol. The lowest BCUT2D eigenvalue weighted by atomic mass is 10.1. The molecule has 1 heterocycles. The number of rotatable bonds is 4. The maximum Gasteiger partial charge on any atom is 0.371 e. The third-order valence-corrected chi connectivity index (χ3v) is 3.51. The van der Waals surface area contributed by atoms with Gasteiger partial charge in [-0.15, -0.1) is 0 Å². The Bertz CT molecular complexity index is 654. The largest absolute Gasteiger partial charge is 0.475 e. The number of halogens is 2. The number of carbonyl (C=O) groups is 1. The summed E-state index contributed by atoms with van der Waals surface area (Å²) in [6.45, 7) is 3.62. The molecule has 106 valence electrons. The Balaban J connectivity index is 2.20.